The molecule has 0 aliphatic carbocycles. The van der Waals surface area contributed by atoms with Gasteiger partial charge in [0.1, 0.15) is 5.75 Å². The molecule has 0 fully saturated rings. The normalized spacial score (nSPS) is 16.4. The molecule has 0 aromatic heterocycles. The van der Waals surface area contributed by atoms with Crippen LogP contribution in [-0.2, 0) is 22.6 Å². The van der Waals surface area contributed by atoms with Crippen LogP contribution in [0.5, 0.6) is 5.75 Å². The Labute approximate surface area is 313 Å². The Morgan fingerprint density at radius 3 is 2.38 bits per heavy atom. The number of nitrogens with zero attached hydrogens (tertiary/aromatic N) is 4. The Hall–Kier alpha value is -5.84. The number of benzene rings is 5. The van der Waals surface area contributed by atoms with Crippen molar-refractivity contribution in [1.82, 2.24) is 10.9 Å². The van der Waals surface area contributed by atoms with E-state index in [1.54, 1.807) is 11.8 Å². The number of nitrogens with one attached hydrogen (secondary N) is 2. The van der Waals surface area contributed by atoms with E-state index >= 15 is 0 Å². The predicted octanol–water partition coefficient (Wildman–Crippen LogP) is 8.59. The van der Waals surface area contributed by atoms with E-state index in [0.29, 0.717) is 42.3 Å². The van der Waals surface area contributed by atoms with Crippen molar-refractivity contribution in [3.8, 4) is 5.75 Å². The lowest BCUT2D eigenvalue weighted by Gasteiger charge is -2.31. The third kappa shape index (κ3) is 9.54. The predicted molar refractivity (Wildman–Crippen MR) is 208 cm³/mol. The molecule has 5 aromatic rings. The number of ether oxygens (including phenoxy) is 2. The average molecular weight is 725 g/mol. The van der Waals surface area contributed by atoms with E-state index in [0.717, 1.165) is 26.5 Å². The Morgan fingerprint density at radius 1 is 0.925 bits per heavy atom. The van der Waals surface area contributed by atoms with E-state index < -0.39 is 11.6 Å². The first kappa shape index (κ1) is 36.9. The second kappa shape index (κ2) is 18.6. The summed E-state index contributed by atoms with van der Waals surface area (Å²) >= 11 is 1.66. The van der Waals surface area contributed by atoms with Crippen LogP contribution in [0, 0.1) is 0 Å². The monoisotopic (exact) mass is 724 g/mol. The molecule has 0 unspecified atom stereocenters. The van der Waals surface area contributed by atoms with Crippen molar-refractivity contribution >= 4 is 29.6 Å². The summed E-state index contributed by atoms with van der Waals surface area (Å²) in [4.78, 5) is 25.0. The summed E-state index contributed by atoms with van der Waals surface area (Å²) in [5.74, 6) is 0.552. The van der Waals surface area contributed by atoms with E-state index in [-0.39, 0.29) is 25.5 Å². The van der Waals surface area contributed by atoms with E-state index in [2.05, 4.69) is 39.1 Å². The fourth-order valence-electron chi connectivity index (χ4n) is 5.97. The van der Waals surface area contributed by atoms with Crippen LogP contribution in [0.2, 0.25) is 0 Å². The molecule has 1 aliphatic rings. The van der Waals surface area contributed by atoms with Gasteiger partial charge in [-0.3, -0.25) is 10.2 Å². The second-order valence-electron chi connectivity index (χ2n) is 12.2. The number of carbonyl (C=O) groups excluding carboxylic acids is 1. The molecule has 53 heavy (non-hydrogen) atoms. The van der Waals surface area contributed by atoms with Gasteiger partial charge in [0, 0.05) is 46.3 Å². The van der Waals surface area contributed by atoms with Gasteiger partial charge < -0.3 is 14.6 Å². The van der Waals surface area contributed by atoms with Gasteiger partial charge in [0.25, 0.3) is 5.91 Å². The highest BCUT2D eigenvalue weighted by Gasteiger charge is 2.53. The number of aliphatic imine (C=N–C) groups is 1. The maximum absolute atomic E-state index is 14.7. The molecule has 0 saturated carbocycles. The van der Waals surface area contributed by atoms with Crippen molar-refractivity contribution in [2.75, 3.05) is 13.2 Å². The van der Waals surface area contributed by atoms with Crippen LogP contribution in [0.1, 0.15) is 46.8 Å². The fraction of sp³-hybridized carbons (Fsp3) is 0.190. The highest BCUT2D eigenvalue weighted by atomic mass is 32.2. The Balaban J connectivity index is 1.35. The van der Waals surface area contributed by atoms with E-state index in [4.69, 9.17) is 19.6 Å². The van der Waals surface area contributed by atoms with Gasteiger partial charge >= 0.3 is 0 Å². The number of hydrogen-bond acceptors (Lipinski definition) is 8. The van der Waals surface area contributed by atoms with Crippen LogP contribution in [-0.4, -0.2) is 35.7 Å². The van der Waals surface area contributed by atoms with E-state index in [1.807, 2.05) is 127 Å². The zero-order chi connectivity index (χ0) is 36.7. The van der Waals surface area contributed by atoms with Crippen LogP contribution in [0.15, 0.2) is 159 Å². The number of azide groups is 1. The molecule has 2 atom stereocenters. The molecule has 5 aromatic carbocycles. The molecule has 0 spiro atoms. The third-order valence-corrected chi connectivity index (χ3v) is 9.76. The average Bonchev–Trinajstić information content (AvgIpc) is 3.59. The summed E-state index contributed by atoms with van der Waals surface area (Å²) in [6, 6.07) is 42.9. The minimum absolute atomic E-state index is 0.0438. The first-order valence-corrected chi connectivity index (χ1v) is 18.2. The summed E-state index contributed by atoms with van der Waals surface area (Å²) in [6.07, 6.45) is 3.76. The third-order valence-electron chi connectivity index (χ3n) is 8.64. The number of amides is 1. The van der Waals surface area contributed by atoms with E-state index in [1.165, 1.54) is 0 Å². The van der Waals surface area contributed by atoms with Crippen molar-refractivity contribution in [1.29, 1.82) is 0 Å². The number of hydrogen-bond donors (Lipinski definition) is 3. The van der Waals surface area contributed by atoms with Gasteiger partial charge in [0.05, 0.1) is 13.2 Å². The Kier molecular flexibility index (Phi) is 13.0. The van der Waals surface area contributed by atoms with Crippen LogP contribution in [0.4, 0.5) is 0 Å². The van der Waals surface area contributed by atoms with Crippen molar-refractivity contribution in [2.24, 2.45) is 10.1 Å². The van der Waals surface area contributed by atoms with Gasteiger partial charge in [-0.25, -0.2) is 10.4 Å². The largest absolute Gasteiger partial charge is 0.494 e. The van der Waals surface area contributed by atoms with Crippen LogP contribution in [0.3, 0.4) is 0 Å². The van der Waals surface area contributed by atoms with Crippen molar-refractivity contribution < 1.29 is 19.4 Å². The molecule has 0 bridgehead atoms. The minimum atomic E-state index is -1.46. The first-order valence-electron chi connectivity index (χ1n) is 17.3. The lowest BCUT2D eigenvalue weighted by molar-refractivity contribution is -0.129. The van der Waals surface area contributed by atoms with Gasteiger partial charge in [-0.15, -0.1) is 0 Å². The number of carbonyl (C=O) groups is 1. The molecule has 1 heterocycles. The fourth-order valence-corrected chi connectivity index (χ4v) is 6.93. The minimum Gasteiger partial charge on any atom is -0.494 e. The number of aliphatic hydroxyl groups is 1. The number of aliphatic hydroxyl groups excluding tert-OH is 1. The van der Waals surface area contributed by atoms with Gasteiger partial charge in [-0.2, -0.15) is 0 Å². The number of hydrazine groups is 1. The lowest BCUT2D eigenvalue weighted by atomic mass is 9.82. The topological polar surface area (TPSA) is 141 Å². The van der Waals surface area contributed by atoms with Crippen molar-refractivity contribution in [2.45, 2.75) is 47.4 Å². The number of rotatable bonds is 17. The molecule has 268 valence electrons. The first-order chi connectivity index (χ1) is 26.1. The SMILES string of the molecule is [N-]=[N+]=NCc1ccccc1[C@@H]1OC(c2ccc(OCCCO)cc2)=N[C@]1(C/C=C/c1ccccc1)C(=O)NNCc1ccccc1Sc1ccccc1. The molecule has 1 amide bonds. The highest BCUT2D eigenvalue weighted by Crippen LogP contribution is 2.44. The summed E-state index contributed by atoms with van der Waals surface area (Å²) in [7, 11) is 0. The maximum Gasteiger partial charge on any atom is 0.266 e. The highest BCUT2D eigenvalue weighted by molar-refractivity contribution is 7.99. The molecule has 6 rings (SSSR count). The molecule has 1 aliphatic heterocycles. The zero-order valence-electron chi connectivity index (χ0n) is 29.0. The van der Waals surface area contributed by atoms with Crippen LogP contribution in [0.25, 0.3) is 16.5 Å². The summed E-state index contributed by atoms with van der Waals surface area (Å²) < 4.78 is 12.4. The molecule has 10 nitrogen and oxygen atoms in total. The molecule has 0 saturated heterocycles. The molecule has 11 heteroatoms. The Bertz CT molecular complexity index is 2070. The smallest absolute Gasteiger partial charge is 0.266 e. The summed E-state index contributed by atoms with van der Waals surface area (Å²) in [5.41, 5.74) is 18.0. The van der Waals surface area contributed by atoms with Crippen molar-refractivity contribution in [3.63, 3.8) is 0 Å². The van der Waals surface area contributed by atoms with Gasteiger partial charge in [0.15, 0.2) is 11.6 Å². The zero-order valence-corrected chi connectivity index (χ0v) is 29.9. The van der Waals surface area contributed by atoms with Crippen LogP contribution >= 0.6 is 11.8 Å². The molecular formula is C42H40N6O4S. The molecule has 0 radical (unpaired) electrons. The lowest BCUT2D eigenvalue weighted by Crippen LogP contribution is -2.52. The molecular weight excluding hydrogens is 685 g/mol. The van der Waals surface area contributed by atoms with Gasteiger partial charge in [-0.05, 0) is 70.2 Å². The van der Waals surface area contributed by atoms with Gasteiger partial charge in [0.2, 0.25) is 5.90 Å². The van der Waals surface area contributed by atoms with Gasteiger partial charge in [-0.1, -0.05) is 120 Å². The summed E-state index contributed by atoms with van der Waals surface area (Å²) in [6.45, 7) is 0.872. The Morgan fingerprint density at radius 2 is 1.62 bits per heavy atom. The second-order valence-corrected chi connectivity index (χ2v) is 13.3. The summed E-state index contributed by atoms with van der Waals surface area (Å²) in [5, 5.41) is 13.0. The maximum atomic E-state index is 14.7. The quantitative estimate of drug-likeness (QED) is 0.0289. The van der Waals surface area contributed by atoms with Crippen LogP contribution < -0.4 is 15.6 Å². The van der Waals surface area contributed by atoms with Crippen molar-refractivity contribution in [3.05, 3.63) is 178 Å². The molecule has 3 N–H and O–H groups in total. The van der Waals surface area contributed by atoms with E-state index in [9.17, 15) is 10.3 Å². The standard InChI is InChI=1S/C42H40N6O4S/c43-48-45-29-33-16-7-9-20-37(33)39-42(26-11-15-31-13-3-1-4-14-31,46-40(52-39)32-22-24-35(25-23-32)51-28-12-27-49)41(50)47-44-30-34-17-8-10-21-38(34)53-36-18-5-2-6-19-36/h1-11,13-25,39,44,49H,12,26-30H2,(H,47,50)/b15-11+/t39-,42-/m0/s1.